The normalized spacial score (nSPS) is 11.4. The number of benzene rings is 1. The number of carbonyl (C=O) groups is 1. The summed E-state index contributed by atoms with van der Waals surface area (Å²) >= 11 is 0. The fourth-order valence-electron chi connectivity index (χ4n) is 1.93. The topological polar surface area (TPSA) is 115 Å². The highest BCUT2D eigenvalue weighted by molar-refractivity contribution is 7.91. The average molecular weight is 347 g/mol. The van der Waals surface area contributed by atoms with Crippen LogP contribution in [0.25, 0.3) is 11.5 Å². The van der Waals surface area contributed by atoms with Crippen LogP contribution in [0.15, 0.2) is 56.4 Å². The van der Waals surface area contributed by atoms with Gasteiger partial charge in [0.15, 0.2) is 15.6 Å². The third kappa shape index (κ3) is 3.20. The van der Waals surface area contributed by atoms with Crippen molar-refractivity contribution >= 4 is 21.8 Å². The molecule has 0 unspecified atom stereocenters. The smallest absolute Gasteiger partial charge is 0.322 e. The molecule has 2 heterocycles. The van der Waals surface area contributed by atoms with Gasteiger partial charge < -0.3 is 8.83 Å². The quantitative estimate of drug-likeness (QED) is 0.753. The molecule has 1 aromatic carbocycles. The Morgan fingerprint density at radius 3 is 2.54 bits per heavy atom. The molecule has 1 N–H and O–H groups in total. The van der Waals surface area contributed by atoms with E-state index in [2.05, 4.69) is 15.5 Å². The largest absolute Gasteiger partial charge is 0.459 e. The van der Waals surface area contributed by atoms with Gasteiger partial charge in [0, 0.05) is 5.56 Å². The third-order valence-corrected chi connectivity index (χ3v) is 4.98. The summed E-state index contributed by atoms with van der Waals surface area (Å²) in [4.78, 5) is 12.0. The van der Waals surface area contributed by atoms with Gasteiger partial charge >= 0.3 is 6.01 Å². The maximum absolute atomic E-state index is 11.8. The predicted octanol–water partition coefficient (Wildman–Crippen LogP) is 2.38. The first-order chi connectivity index (χ1) is 11.5. The highest BCUT2D eigenvalue weighted by atomic mass is 32.2. The number of nitrogens with zero attached hydrogens (tertiary/aromatic N) is 2. The van der Waals surface area contributed by atoms with Gasteiger partial charge in [-0.25, -0.2) is 8.42 Å². The van der Waals surface area contributed by atoms with Crippen LogP contribution in [-0.2, 0) is 9.84 Å². The second-order valence-electron chi connectivity index (χ2n) is 4.77. The van der Waals surface area contributed by atoms with Crippen molar-refractivity contribution < 1.29 is 22.0 Å². The Morgan fingerprint density at radius 1 is 1.17 bits per heavy atom. The number of sulfone groups is 1. The molecule has 3 rings (SSSR count). The van der Waals surface area contributed by atoms with Crippen molar-refractivity contribution in [1.82, 2.24) is 10.2 Å². The first kappa shape index (κ1) is 15.9. The number of anilines is 1. The van der Waals surface area contributed by atoms with Crippen molar-refractivity contribution in [3.05, 3.63) is 48.4 Å². The molecule has 0 spiro atoms. The fraction of sp³-hybridized carbons (Fsp3) is 0.133. The van der Waals surface area contributed by atoms with Gasteiger partial charge in [-0.15, -0.1) is 5.10 Å². The number of carbonyl (C=O) groups excluding carboxylic acids is 1. The first-order valence-electron chi connectivity index (χ1n) is 7.01. The monoisotopic (exact) mass is 347 g/mol. The Hall–Kier alpha value is -2.94. The summed E-state index contributed by atoms with van der Waals surface area (Å²) in [6, 6.07) is 9.07. The van der Waals surface area contributed by atoms with Crippen LogP contribution in [0.2, 0.25) is 0 Å². The summed E-state index contributed by atoms with van der Waals surface area (Å²) in [5.41, 5.74) is 0.538. The molecule has 24 heavy (non-hydrogen) atoms. The van der Waals surface area contributed by atoms with Gasteiger partial charge in [-0.1, -0.05) is 12.0 Å². The number of rotatable bonds is 5. The second-order valence-corrected chi connectivity index (χ2v) is 7.05. The van der Waals surface area contributed by atoms with Crippen molar-refractivity contribution in [3.63, 3.8) is 0 Å². The zero-order chi connectivity index (χ0) is 17.2. The van der Waals surface area contributed by atoms with Gasteiger partial charge in [0.05, 0.1) is 16.9 Å². The molecule has 2 aromatic heterocycles. The molecule has 0 radical (unpaired) electrons. The SMILES string of the molecule is CCS(=O)(=O)c1ccc(-c2nnc(NC(=O)c3ccco3)o2)cc1. The van der Waals surface area contributed by atoms with E-state index >= 15 is 0 Å². The van der Waals surface area contributed by atoms with E-state index in [1.165, 1.54) is 24.5 Å². The maximum atomic E-state index is 11.8. The number of furan rings is 1. The zero-order valence-electron chi connectivity index (χ0n) is 12.6. The van der Waals surface area contributed by atoms with Crippen LogP contribution in [0.5, 0.6) is 0 Å². The molecule has 0 aliphatic heterocycles. The molecule has 0 saturated heterocycles. The maximum Gasteiger partial charge on any atom is 0.322 e. The number of amides is 1. The Labute approximate surface area is 137 Å². The summed E-state index contributed by atoms with van der Waals surface area (Å²) in [6.45, 7) is 1.58. The van der Waals surface area contributed by atoms with Crippen molar-refractivity contribution in [3.8, 4) is 11.5 Å². The zero-order valence-corrected chi connectivity index (χ0v) is 13.4. The van der Waals surface area contributed by atoms with E-state index in [0.29, 0.717) is 5.56 Å². The van der Waals surface area contributed by atoms with Gasteiger partial charge in [-0.2, -0.15) is 0 Å². The fourth-order valence-corrected chi connectivity index (χ4v) is 2.81. The Bertz CT molecular complexity index is 943. The molecule has 0 aliphatic carbocycles. The van der Waals surface area contributed by atoms with Gasteiger partial charge in [0.2, 0.25) is 5.89 Å². The van der Waals surface area contributed by atoms with Crippen LogP contribution < -0.4 is 5.32 Å². The number of hydrogen-bond donors (Lipinski definition) is 1. The van der Waals surface area contributed by atoms with Gasteiger partial charge in [-0.05, 0) is 36.4 Å². The molecular formula is C15H13N3O5S. The number of hydrogen-bond acceptors (Lipinski definition) is 7. The molecule has 124 valence electrons. The number of aromatic nitrogens is 2. The first-order valence-corrected chi connectivity index (χ1v) is 8.66. The third-order valence-electron chi connectivity index (χ3n) is 3.23. The molecule has 0 aliphatic rings. The van der Waals surface area contributed by atoms with Crippen molar-refractivity contribution in [1.29, 1.82) is 0 Å². The van der Waals surface area contributed by atoms with Gasteiger partial charge in [0.25, 0.3) is 5.91 Å². The van der Waals surface area contributed by atoms with Crippen LogP contribution in [0.3, 0.4) is 0 Å². The average Bonchev–Trinajstić information content (AvgIpc) is 3.27. The van der Waals surface area contributed by atoms with Crippen LogP contribution in [0, 0.1) is 0 Å². The summed E-state index contributed by atoms with van der Waals surface area (Å²) in [5, 5.41) is 9.95. The minimum atomic E-state index is -3.27. The lowest BCUT2D eigenvalue weighted by Crippen LogP contribution is -2.10. The number of nitrogens with one attached hydrogen (secondary N) is 1. The van der Waals surface area contributed by atoms with E-state index in [9.17, 15) is 13.2 Å². The summed E-state index contributed by atoms with van der Waals surface area (Å²) < 4.78 is 33.9. The molecule has 0 bridgehead atoms. The van der Waals surface area contributed by atoms with E-state index in [4.69, 9.17) is 8.83 Å². The molecule has 0 atom stereocenters. The lowest BCUT2D eigenvalue weighted by atomic mass is 10.2. The predicted molar refractivity (Wildman–Crippen MR) is 84.1 cm³/mol. The van der Waals surface area contributed by atoms with E-state index in [0.717, 1.165) is 0 Å². The van der Waals surface area contributed by atoms with Crippen molar-refractivity contribution in [2.45, 2.75) is 11.8 Å². The van der Waals surface area contributed by atoms with E-state index < -0.39 is 15.7 Å². The van der Waals surface area contributed by atoms with E-state index in [1.54, 1.807) is 25.1 Å². The molecular weight excluding hydrogens is 334 g/mol. The molecule has 3 aromatic rings. The Balaban J connectivity index is 1.77. The highest BCUT2D eigenvalue weighted by Gasteiger charge is 2.16. The summed E-state index contributed by atoms with van der Waals surface area (Å²) in [7, 11) is -3.27. The van der Waals surface area contributed by atoms with E-state index in [-0.39, 0.29) is 28.3 Å². The van der Waals surface area contributed by atoms with Crippen LogP contribution in [0.4, 0.5) is 6.01 Å². The van der Waals surface area contributed by atoms with Crippen LogP contribution in [-0.4, -0.2) is 30.3 Å². The Morgan fingerprint density at radius 2 is 1.92 bits per heavy atom. The minimum absolute atomic E-state index is 0.0237. The molecule has 9 heteroatoms. The lowest BCUT2D eigenvalue weighted by Gasteiger charge is -2.01. The minimum Gasteiger partial charge on any atom is -0.459 e. The highest BCUT2D eigenvalue weighted by Crippen LogP contribution is 2.22. The molecule has 8 nitrogen and oxygen atoms in total. The molecule has 0 fully saturated rings. The van der Waals surface area contributed by atoms with Crippen molar-refractivity contribution in [2.75, 3.05) is 11.1 Å². The van der Waals surface area contributed by atoms with Crippen molar-refractivity contribution in [2.24, 2.45) is 0 Å². The lowest BCUT2D eigenvalue weighted by molar-refractivity contribution is 0.0994. The molecule has 1 amide bonds. The molecule has 0 saturated carbocycles. The van der Waals surface area contributed by atoms with Gasteiger partial charge in [0.1, 0.15) is 0 Å². The second kappa shape index (κ2) is 6.28. The standard InChI is InChI=1S/C15H13N3O5S/c1-2-24(20,21)11-7-5-10(6-8-11)14-17-18-15(23-14)16-13(19)12-4-3-9-22-12/h3-9H,2H2,1H3,(H,16,18,19). The summed E-state index contributed by atoms with van der Waals surface area (Å²) in [5.74, 6) is -0.218. The van der Waals surface area contributed by atoms with E-state index in [1.807, 2.05) is 0 Å². The van der Waals surface area contributed by atoms with Crippen LogP contribution in [0.1, 0.15) is 17.5 Å². The van der Waals surface area contributed by atoms with Gasteiger partial charge in [-0.3, -0.25) is 10.1 Å². The summed E-state index contributed by atoms with van der Waals surface area (Å²) in [6.07, 6.45) is 1.38. The van der Waals surface area contributed by atoms with Crippen LogP contribution >= 0.6 is 0 Å². The Kier molecular flexibility index (Phi) is 4.17.